The molecular weight excluding hydrogens is 564 g/mol. The van der Waals surface area contributed by atoms with Crippen LogP contribution in [0.3, 0.4) is 0 Å². The lowest BCUT2D eigenvalue weighted by molar-refractivity contribution is 0.282. The van der Waals surface area contributed by atoms with Gasteiger partial charge in [-0.1, -0.05) is 210 Å². The molecular formula is C43H68O3. The van der Waals surface area contributed by atoms with E-state index in [2.05, 4.69) is 6.92 Å². The van der Waals surface area contributed by atoms with E-state index >= 15 is 0 Å². The number of rotatable bonds is 27. The van der Waals surface area contributed by atoms with Crippen LogP contribution in [0.5, 0.6) is 0 Å². The summed E-state index contributed by atoms with van der Waals surface area (Å²) in [5, 5.41) is 9.37. The zero-order chi connectivity index (χ0) is 32.8. The molecule has 0 saturated heterocycles. The molecule has 1 aromatic heterocycles. The molecule has 3 heteroatoms. The lowest BCUT2D eigenvalue weighted by Crippen LogP contribution is -1.99. The fraction of sp³-hybridized carbons (Fsp3) is 0.651. The van der Waals surface area contributed by atoms with E-state index in [1.807, 2.05) is 48.5 Å². The fourth-order valence-corrected chi connectivity index (χ4v) is 6.28. The minimum absolute atomic E-state index is 0.00861. The molecule has 0 atom stereocenters. The molecule has 1 heterocycles. The minimum atomic E-state index is -0.00861. The van der Waals surface area contributed by atoms with Gasteiger partial charge in [0.2, 0.25) is 0 Å². The van der Waals surface area contributed by atoms with Crippen LogP contribution in [0.15, 0.2) is 69.9 Å². The zero-order valence-electron chi connectivity index (χ0n) is 29.6. The molecule has 0 saturated carbocycles. The lowest BCUT2D eigenvalue weighted by atomic mass is 10.0. The molecule has 0 aliphatic carbocycles. The number of hydrogen-bond donors (Lipinski definition) is 1. The number of unbranched alkanes of at least 4 members (excludes halogenated alkanes) is 25. The van der Waals surface area contributed by atoms with Gasteiger partial charge >= 0.3 is 0 Å². The van der Waals surface area contributed by atoms with Crippen molar-refractivity contribution in [3.8, 4) is 11.3 Å². The first-order valence-electron chi connectivity index (χ1n) is 19.5. The number of fused-ring (bicyclic) bond motifs is 1. The third-order valence-electron chi connectivity index (χ3n) is 9.20. The van der Waals surface area contributed by atoms with Crippen molar-refractivity contribution >= 4 is 11.0 Å². The second-order valence-corrected chi connectivity index (χ2v) is 13.4. The molecule has 0 bridgehead atoms. The van der Waals surface area contributed by atoms with Gasteiger partial charge in [0.25, 0.3) is 0 Å². The van der Waals surface area contributed by atoms with E-state index in [1.54, 1.807) is 6.07 Å². The number of hydrogen-bond acceptors (Lipinski definition) is 3. The number of para-hydroxylation sites is 1. The molecule has 0 amide bonds. The highest BCUT2D eigenvalue weighted by molar-refractivity contribution is 5.78. The smallest absolute Gasteiger partial charge is 0.193 e. The van der Waals surface area contributed by atoms with Crippen molar-refractivity contribution in [3.63, 3.8) is 0 Å². The van der Waals surface area contributed by atoms with Gasteiger partial charge in [0.1, 0.15) is 11.3 Å². The molecule has 0 radical (unpaired) electrons. The van der Waals surface area contributed by atoms with Gasteiger partial charge in [-0.25, -0.2) is 0 Å². The van der Waals surface area contributed by atoms with Crippen LogP contribution in [0, 0.1) is 0 Å². The second-order valence-electron chi connectivity index (χ2n) is 13.4. The fourth-order valence-electron chi connectivity index (χ4n) is 6.28. The zero-order valence-corrected chi connectivity index (χ0v) is 29.6. The van der Waals surface area contributed by atoms with Gasteiger partial charge in [-0.05, 0) is 18.6 Å². The summed E-state index contributed by atoms with van der Waals surface area (Å²) in [6.07, 6.45) is 37.1. The van der Waals surface area contributed by atoms with Crippen molar-refractivity contribution in [1.29, 1.82) is 0 Å². The molecule has 1 N–H and O–H groups in total. The molecule has 3 rings (SSSR count). The van der Waals surface area contributed by atoms with Gasteiger partial charge in [0.15, 0.2) is 5.43 Å². The monoisotopic (exact) mass is 633 g/mol. The average molecular weight is 633 g/mol. The summed E-state index contributed by atoms with van der Waals surface area (Å²) in [7, 11) is 0. The predicted molar refractivity (Wildman–Crippen MR) is 201 cm³/mol. The number of aliphatic hydroxyl groups excluding tert-OH is 1. The topological polar surface area (TPSA) is 50.4 Å². The molecule has 0 unspecified atom stereocenters. The van der Waals surface area contributed by atoms with Crippen molar-refractivity contribution < 1.29 is 9.52 Å². The van der Waals surface area contributed by atoms with Crippen LogP contribution in [-0.4, -0.2) is 11.7 Å². The highest BCUT2D eigenvalue weighted by Gasteiger charge is 2.05. The summed E-state index contributed by atoms with van der Waals surface area (Å²) in [6, 6.07) is 18.4. The lowest BCUT2D eigenvalue weighted by Gasteiger charge is -2.04. The van der Waals surface area contributed by atoms with Crippen molar-refractivity contribution in [2.75, 3.05) is 6.61 Å². The molecule has 2 aromatic carbocycles. The van der Waals surface area contributed by atoms with Gasteiger partial charge in [-0.3, -0.25) is 4.79 Å². The van der Waals surface area contributed by atoms with Crippen LogP contribution >= 0.6 is 0 Å². The molecule has 3 nitrogen and oxygen atoms in total. The maximum atomic E-state index is 11.9. The van der Waals surface area contributed by atoms with Crippen LogP contribution in [0.25, 0.3) is 22.3 Å². The van der Waals surface area contributed by atoms with Crippen molar-refractivity contribution in [2.45, 2.75) is 174 Å². The normalized spacial score (nSPS) is 11.1. The van der Waals surface area contributed by atoms with E-state index in [9.17, 15) is 4.79 Å². The van der Waals surface area contributed by atoms with Gasteiger partial charge in [-0.2, -0.15) is 0 Å². The Kier molecular flexibility index (Phi) is 24.9. The predicted octanol–water partition coefficient (Wildman–Crippen LogP) is 13.6. The van der Waals surface area contributed by atoms with Gasteiger partial charge < -0.3 is 9.52 Å². The first kappa shape index (κ1) is 39.8. The number of benzene rings is 2. The maximum absolute atomic E-state index is 11.9. The molecule has 3 aromatic rings. The van der Waals surface area contributed by atoms with Gasteiger partial charge in [-0.15, -0.1) is 0 Å². The van der Waals surface area contributed by atoms with Gasteiger partial charge in [0.05, 0.1) is 5.39 Å². The van der Waals surface area contributed by atoms with E-state index < -0.39 is 0 Å². The summed E-state index contributed by atoms with van der Waals surface area (Å²) in [5.74, 6) is 0.606. The van der Waals surface area contributed by atoms with E-state index in [1.165, 1.54) is 167 Å². The van der Waals surface area contributed by atoms with E-state index in [4.69, 9.17) is 9.52 Å². The Labute approximate surface area is 282 Å². The van der Waals surface area contributed by atoms with Crippen molar-refractivity contribution in [1.82, 2.24) is 0 Å². The van der Waals surface area contributed by atoms with Gasteiger partial charge in [0, 0.05) is 18.2 Å². The first-order valence-corrected chi connectivity index (χ1v) is 19.5. The van der Waals surface area contributed by atoms with Crippen LogP contribution in [0.1, 0.15) is 174 Å². The largest absolute Gasteiger partial charge is 0.456 e. The quantitative estimate of drug-likeness (QED) is 0.0851. The van der Waals surface area contributed by atoms with Crippen LogP contribution in [-0.2, 0) is 0 Å². The van der Waals surface area contributed by atoms with E-state index in [0.717, 1.165) is 12.0 Å². The Bertz CT molecular complexity index is 1110. The molecule has 0 aliphatic heterocycles. The Morgan fingerprint density at radius 3 is 1.26 bits per heavy atom. The Morgan fingerprint density at radius 2 is 0.848 bits per heavy atom. The van der Waals surface area contributed by atoms with Crippen molar-refractivity contribution in [3.05, 3.63) is 70.9 Å². The average Bonchev–Trinajstić information content (AvgIpc) is 3.09. The molecule has 0 spiro atoms. The summed E-state index contributed by atoms with van der Waals surface area (Å²) in [5.41, 5.74) is 1.53. The van der Waals surface area contributed by atoms with E-state index in [-0.39, 0.29) is 5.43 Å². The Morgan fingerprint density at radius 1 is 0.478 bits per heavy atom. The maximum Gasteiger partial charge on any atom is 0.193 e. The van der Waals surface area contributed by atoms with Crippen molar-refractivity contribution in [2.24, 2.45) is 0 Å². The summed E-state index contributed by atoms with van der Waals surface area (Å²) in [4.78, 5) is 11.9. The second kappa shape index (κ2) is 28.8. The van der Waals surface area contributed by atoms with Crippen LogP contribution < -0.4 is 5.43 Å². The molecule has 0 aliphatic rings. The Hall–Kier alpha value is -2.39. The minimum Gasteiger partial charge on any atom is -0.456 e. The molecule has 258 valence electrons. The molecule has 0 fully saturated rings. The SMILES string of the molecule is CCCCCCCCCCCCCCCCCCCCCCCCCCCCO.O=c1cc(-c2ccccc2)oc2ccccc12. The third kappa shape index (κ3) is 20.0. The Balaban J connectivity index is 0.000000361. The summed E-state index contributed by atoms with van der Waals surface area (Å²) >= 11 is 0. The highest BCUT2D eigenvalue weighted by atomic mass is 16.3. The summed E-state index contributed by atoms with van der Waals surface area (Å²) < 4.78 is 5.73. The third-order valence-corrected chi connectivity index (χ3v) is 9.20. The first-order chi connectivity index (χ1) is 22.8. The summed E-state index contributed by atoms with van der Waals surface area (Å²) in [6.45, 7) is 2.67. The van der Waals surface area contributed by atoms with Crippen LogP contribution in [0.4, 0.5) is 0 Å². The molecule has 46 heavy (non-hydrogen) atoms. The number of aliphatic hydroxyl groups is 1. The van der Waals surface area contributed by atoms with Crippen LogP contribution in [0.2, 0.25) is 0 Å². The highest BCUT2D eigenvalue weighted by Crippen LogP contribution is 2.21. The standard InChI is InChI=1S/C28H58O.C15H10O2/c1-2-3-4-5-6-7-8-9-10-11-12-13-14-15-16-17-18-19-20-21-22-23-24-25-26-27-28-29;16-13-10-15(11-6-2-1-3-7-11)17-14-9-5-4-8-12(13)14/h29H,2-28H2,1H3;1-10H. The van der Waals surface area contributed by atoms with E-state index in [0.29, 0.717) is 23.3 Å².